The fourth-order valence-electron chi connectivity index (χ4n) is 4.36. The SMILES string of the molecule is CCNC(=NCC(=O)N1CCCC1)NCC1(c2ccc3c(c2)OCO3)CCOCC1.I. The van der Waals surface area contributed by atoms with Crippen LogP contribution in [0, 0.1) is 0 Å². The van der Waals surface area contributed by atoms with Crippen LogP contribution < -0.4 is 20.1 Å². The van der Waals surface area contributed by atoms with E-state index in [2.05, 4.69) is 27.8 Å². The molecule has 0 aromatic heterocycles. The van der Waals surface area contributed by atoms with Crippen LogP contribution in [0.25, 0.3) is 0 Å². The van der Waals surface area contributed by atoms with Gasteiger partial charge in [-0.1, -0.05) is 6.07 Å². The van der Waals surface area contributed by atoms with Crippen molar-refractivity contribution in [2.24, 2.45) is 4.99 Å². The lowest BCUT2D eigenvalue weighted by Crippen LogP contribution is -2.48. The van der Waals surface area contributed by atoms with Gasteiger partial charge in [0.05, 0.1) is 0 Å². The van der Waals surface area contributed by atoms with Crippen LogP contribution in [-0.2, 0) is 14.9 Å². The summed E-state index contributed by atoms with van der Waals surface area (Å²) in [5, 5.41) is 6.75. The molecule has 4 rings (SSSR count). The number of aliphatic imine (C=N–C) groups is 1. The maximum absolute atomic E-state index is 12.4. The molecule has 1 aromatic rings. The van der Waals surface area contributed by atoms with Crippen molar-refractivity contribution in [3.05, 3.63) is 23.8 Å². The van der Waals surface area contributed by atoms with Crippen LogP contribution in [0.5, 0.6) is 11.5 Å². The first kappa shape index (κ1) is 23.9. The van der Waals surface area contributed by atoms with Gasteiger partial charge in [-0.25, -0.2) is 4.99 Å². The molecule has 2 fully saturated rings. The molecule has 0 bridgehead atoms. The summed E-state index contributed by atoms with van der Waals surface area (Å²) in [7, 11) is 0. The second kappa shape index (κ2) is 11.2. The van der Waals surface area contributed by atoms with Crippen molar-refractivity contribution in [2.45, 2.75) is 38.0 Å². The van der Waals surface area contributed by atoms with Gasteiger partial charge in [0.2, 0.25) is 12.7 Å². The topological polar surface area (TPSA) is 84.4 Å². The van der Waals surface area contributed by atoms with Gasteiger partial charge in [0.25, 0.3) is 0 Å². The molecule has 172 valence electrons. The normalized spacial score (nSPS) is 19.6. The lowest BCUT2D eigenvalue weighted by molar-refractivity contribution is -0.128. The van der Waals surface area contributed by atoms with Crippen molar-refractivity contribution in [1.82, 2.24) is 15.5 Å². The van der Waals surface area contributed by atoms with Gasteiger partial charge < -0.3 is 29.7 Å². The van der Waals surface area contributed by atoms with Gasteiger partial charge in [-0.05, 0) is 50.3 Å². The summed E-state index contributed by atoms with van der Waals surface area (Å²) in [4.78, 5) is 18.8. The number of hydrogen-bond acceptors (Lipinski definition) is 5. The second-order valence-corrected chi connectivity index (χ2v) is 8.10. The lowest BCUT2D eigenvalue weighted by atomic mass is 9.74. The zero-order chi connectivity index (χ0) is 20.8. The first-order valence-electron chi connectivity index (χ1n) is 11.0. The smallest absolute Gasteiger partial charge is 0.244 e. The Bertz CT molecular complexity index is 777. The summed E-state index contributed by atoms with van der Waals surface area (Å²) in [5.74, 6) is 2.37. The third-order valence-electron chi connectivity index (χ3n) is 6.20. The fourth-order valence-corrected chi connectivity index (χ4v) is 4.36. The first-order chi connectivity index (χ1) is 14.7. The summed E-state index contributed by atoms with van der Waals surface area (Å²) < 4.78 is 16.7. The van der Waals surface area contributed by atoms with E-state index < -0.39 is 0 Å². The summed E-state index contributed by atoms with van der Waals surface area (Å²) >= 11 is 0. The maximum atomic E-state index is 12.4. The van der Waals surface area contributed by atoms with Gasteiger partial charge in [0.1, 0.15) is 6.54 Å². The van der Waals surface area contributed by atoms with Crippen LogP contribution in [0.3, 0.4) is 0 Å². The number of likely N-dealkylation sites (tertiary alicyclic amines) is 1. The van der Waals surface area contributed by atoms with Crippen LogP contribution in [0.15, 0.2) is 23.2 Å². The Kier molecular flexibility index (Phi) is 8.65. The van der Waals surface area contributed by atoms with E-state index in [0.29, 0.717) is 12.5 Å². The van der Waals surface area contributed by atoms with E-state index >= 15 is 0 Å². The van der Waals surface area contributed by atoms with Gasteiger partial charge in [0, 0.05) is 44.8 Å². The molecule has 0 atom stereocenters. The minimum atomic E-state index is -0.0889. The number of ether oxygens (including phenoxy) is 3. The minimum absolute atomic E-state index is 0. The summed E-state index contributed by atoms with van der Waals surface area (Å²) in [6.45, 7) is 7.07. The molecule has 0 aliphatic carbocycles. The van der Waals surface area contributed by atoms with Crippen LogP contribution in [0.1, 0.15) is 38.2 Å². The molecule has 0 saturated carbocycles. The molecule has 31 heavy (non-hydrogen) atoms. The van der Waals surface area contributed by atoms with Gasteiger partial charge in [-0.2, -0.15) is 0 Å². The highest BCUT2D eigenvalue weighted by molar-refractivity contribution is 14.0. The van der Waals surface area contributed by atoms with Crippen molar-refractivity contribution in [3.8, 4) is 11.5 Å². The Morgan fingerprint density at radius 3 is 2.61 bits per heavy atom. The van der Waals surface area contributed by atoms with E-state index in [0.717, 1.165) is 70.0 Å². The third kappa shape index (κ3) is 5.74. The molecule has 8 nitrogen and oxygen atoms in total. The second-order valence-electron chi connectivity index (χ2n) is 8.10. The Morgan fingerprint density at radius 2 is 1.87 bits per heavy atom. The number of halogens is 1. The molecule has 1 amide bonds. The van der Waals surface area contributed by atoms with Gasteiger partial charge in [-0.3, -0.25) is 4.79 Å². The average molecular weight is 544 g/mol. The molecule has 3 aliphatic heterocycles. The highest BCUT2D eigenvalue weighted by Crippen LogP contribution is 2.40. The Morgan fingerprint density at radius 1 is 1.13 bits per heavy atom. The predicted molar refractivity (Wildman–Crippen MR) is 130 cm³/mol. The number of nitrogens with one attached hydrogen (secondary N) is 2. The van der Waals surface area contributed by atoms with Crippen LogP contribution >= 0.6 is 24.0 Å². The number of hydrogen-bond donors (Lipinski definition) is 2. The van der Waals surface area contributed by atoms with E-state index in [1.807, 2.05) is 17.9 Å². The number of amides is 1. The van der Waals surface area contributed by atoms with E-state index in [1.165, 1.54) is 5.56 Å². The predicted octanol–water partition coefficient (Wildman–Crippen LogP) is 2.26. The zero-order valence-electron chi connectivity index (χ0n) is 18.2. The summed E-state index contributed by atoms with van der Waals surface area (Å²) in [6.07, 6.45) is 4.00. The monoisotopic (exact) mass is 544 g/mol. The van der Waals surface area contributed by atoms with Gasteiger partial charge in [-0.15, -0.1) is 24.0 Å². The van der Waals surface area contributed by atoms with E-state index in [4.69, 9.17) is 14.2 Å². The molecule has 0 unspecified atom stereocenters. The number of benzene rings is 1. The standard InChI is InChI=1S/C22H32N4O4.HI/c1-2-23-21(24-14-20(27)26-9-3-4-10-26)25-15-22(7-11-28-12-8-22)17-5-6-18-19(13-17)30-16-29-18;/h5-6,13H,2-4,7-12,14-16H2,1H3,(H2,23,24,25);1H. The quantitative estimate of drug-likeness (QED) is 0.325. The van der Waals surface area contributed by atoms with Crippen molar-refractivity contribution >= 4 is 35.8 Å². The summed E-state index contributed by atoms with van der Waals surface area (Å²) in [6, 6.07) is 6.21. The molecule has 0 spiro atoms. The minimum Gasteiger partial charge on any atom is -0.454 e. The molecule has 9 heteroatoms. The van der Waals surface area contributed by atoms with Gasteiger partial charge in [0.15, 0.2) is 17.5 Å². The van der Waals surface area contributed by atoms with Crippen molar-refractivity contribution in [2.75, 3.05) is 52.7 Å². The average Bonchev–Trinajstić information content (AvgIpc) is 3.47. The number of carbonyl (C=O) groups excluding carboxylic acids is 1. The molecule has 3 heterocycles. The maximum Gasteiger partial charge on any atom is 0.244 e. The largest absolute Gasteiger partial charge is 0.454 e. The van der Waals surface area contributed by atoms with Crippen LogP contribution in [0.2, 0.25) is 0 Å². The van der Waals surface area contributed by atoms with Crippen LogP contribution in [0.4, 0.5) is 0 Å². The Labute approximate surface area is 201 Å². The molecular weight excluding hydrogens is 511 g/mol. The zero-order valence-corrected chi connectivity index (χ0v) is 20.5. The lowest BCUT2D eigenvalue weighted by Gasteiger charge is -2.38. The Balaban J connectivity index is 0.00000272. The van der Waals surface area contributed by atoms with Gasteiger partial charge >= 0.3 is 0 Å². The fraction of sp³-hybridized carbons (Fsp3) is 0.636. The summed E-state index contributed by atoms with van der Waals surface area (Å²) in [5.41, 5.74) is 1.13. The first-order valence-corrected chi connectivity index (χ1v) is 11.0. The highest BCUT2D eigenvalue weighted by Gasteiger charge is 2.36. The Hall–Kier alpha value is -1.75. The van der Waals surface area contributed by atoms with Crippen LogP contribution in [-0.4, -0.2) is 69.5 Å². The molecule has 2 saturated heterocycles. The van der Waals surface area contributed by atoms with Crippen molar-refractivity contribution in [3.63, 3.8) is 0 Å². The number of carbonyl (C=O) groups is 1. The molecule has 1 aromatic carbocycles. The molecule has 3 aliphatic rings. The van der Waals surface area contributed by atoms with Crippen molar-refractivity contribution < 1.29 is 19.0 Å². The molecular formula is C22H33IN4O4. The molecule has 0 radical (unpaired) electrons. The number of fused-ring (bicyclic) bond motifs is 1. The number of rotatable bonds is 6. The van der Waals surface area contributed by atoms with E-state index in [1.54, 1.807) is 0 Å². The highest BCUT2D eigenvalue weighted by atomic mass is 127. The third-order valence-corrected chi connectivity index (χ3v) is 6.20. The number of guanidine groups is 1. The number of nitrogens with zero attached hydrogens (tertiary/aromatic N) is 2. The van der Waals surface area contributed by atoms with E-state index in [-0.39, 0.29) is 48.6 Å². The van der Waals surface area contributed by atoms with Crippen molar-refractivity contribution in [1.29, 1.82) is 0 Å². The van der Waals surface area contributed by atoms with E-state index in [9.17, 15) is 4.79 Å². The molecule has 2 N–H and O–H groups in total.